The van der Waals surface area contributed by atoms with Crippen LogP contribution in [0.15, 0.2) is 81.4 Å². The second-order valence-corrected chi connectivity index (χ2v) is 11.4. The van der Waals surface area contributed by atoms with Crippen molar-refractivity contribution in [3.05, 3.63) is 111 Å². The molecule has 0 bridgehead atoms. The third-order valence-electron chi connectivity index (χ3n) is 6.89. The van der Waals surface area contributed by atoms with Gasteiger partial charge in [-0.1, -0.05) is 36.4 Å². The van der Waals surface area contributed by atoms with Crippen LogP contribution in [0.5, 0.6) is 5.75 Å². The van der Waals surface area contributed by atoms with Crippen molar-refractivity contribution in [2.24, 2.45) is 0 Å². The molecule has 5 rings (SSSR count). The van der Waals surface area contributed by atoms with Crippen molar-refractivity contribution in [1.82, 2.24) is 4.57 Å². The first kappa shape index (κ1) is 28.9. The Morgan fingerprint density at radius 1 is 1.02 bits per heavy atom. The molecule has 1 unspecified atom stereocenters. The predicted octanol–water partition coefficient (Wildman–Crippen LogP) is 7.69. The van der Waals surface area contributed by atoms with Gasteiger partial charge in [-0.15, -0.1) is 11.8 Å². The third kappa shape index (κ3) is 5.40. The number of alkyl halides is 3. The summed E-state index contributed by atoms with van der Waals surface area (Å²) in [6.07, 6.45) is -5.36. The highest BCUT2D eigenvalue weighted by Crippen LogP contribution is 2.43. The van der Waals surface area contributed by atoms with Gasteiger partial charge in [-0.3, -0.25) is 14.2 Å². The molecule has 4 nitrogen and oxygen atoms in total. The minimum atomic E-state index is -4.83. The van der Waals surface area contributed by atoms with E-state index in [1.54, 1.807) is 30.3 Å². The van der Waals surface area contributed by atoms with E-state index in [2.05, 4.69) is 0 Å². The van der Waals surface area contributed by atoms with E-state index in [0.29, 0.717) is 4.90 Å². The highest BCUT2D eigenvalue weighted by molar-refractivity contribution is 8.13. The number of carbonyl (C=O) groups excluding carboxylic acids is 1. The number of hydrogen-bond donors (Lipinski definition) is 0. The average molecular weight is 604 g/mol. The van der Waals surface area contributed by atoms with Crippen LogP contribution in [0.4, 0.5) is 22.0 Å². The fourth-order valence-corrected chi connectivity index (χ4v) is 7.24. The lowest BCUT2D eigenvalue weighted by molar-refractivity contribution is -0.138. The Kier molecular flexibility index (Phi) is 8.02. The highest BCUT2D eigenvalue weighted by Gasteiger charge is 2.38. The van der Waals surface area contributed by atoms with Crippen LogP contribution in [0, 0.1) is 18.6 Å². The van der Waals surface area contributed by atoms with Crippen molar-refractivity contribution in [2.45, 2.75) is 35.5 Å². The van der Waals surface area contributed by atoms with Crippen molar-refractivity contribution in [3.63, 3.8) is 0 Å². The number of hydrogen-bond acceptors (Lipinski definition) is 5. The van der Waals surface area contributed by atoms with E-state index in [-0.39, 0.29) is 43.9 Å². The van der Waals surface area contributed by atoms with Crippen molar-refractivity contribution in [3.8, 4) is 16.9 Å². The van der Waals surface area contributed by atoms with Crippen molar-refractivity contribution in [1.29, 1.82) is 0 Å². The van der Waals surface area contributed by atoms with Crippen molar-refractivity contribution < 1.29 is 31.5 Å². The Bertz CT molecular complexity index is 1700. The van der Waals surface area contributed by atoms with Crippen LogP contribution in [0.25, 0.3) is 11.1 Å². The predicted molar refractivity (Wildman–Crippen MR) is 149 cm³/mol. The number of halogens is 5. The highest BCUT2D eigenvalue weighted by atomic mass is 32.2. The maximum atomic E-state index is 15.5. The number of pyridine rings is 1. The molecular weight excluding hydrogens is 581 g/mol. The maximum Gasteiger partial charge on any atom is 0.416 e. The van der Waals surface area contributed by atoms with Crippen LogP contribution < -0.4 is 10.3 Å². The van der Waals surface area contributed by atoms with Gasteiger partial charge in [0.25, 0.3) is 5.56 Å². The molecule has 41 heavy (non-hydrogen) atoms. The maximum absolute atomic E-state index is 15.5. The largest absolute Gasteiger partial charge is 0.494 e. The molecule has 0 amide bonds. The van der Waals surface area contributed by atoms with Gasteiger partial charge in [-0.25, -0.2) is 8.78 Å². The summed E-state index contributed by atoms with van der Waals surface area (Å²) in [5.74, 6) is -1.90. The number of methoxy groups -OCH3 is 1. The molecule has 0 radical (unpaired) electrons. The molecule has 11 heteroatoms. The molecule has 0 spiro atoms. The van der Waals surface area contributed by atoms with Crippen molar-refractivity contribution in [2.75, 3.05) is 12.9 Å². The van der Waals surface area contributed by atoms with Gasteiger partial charge in [0.15, 0.2) is 11.6 Å². The number of benzene rings is 3. The minimum absolute atomic E-state index is 0.130. The summed E-state index contributed by atoms with van der Waals surface area (Å²) in [7, 11) is 1.26. The van der Waals surface area contributed by atoms with Crippen LogP contribution >= 0.6 is 23.5 Å². The fraction of sp³-hybridized carbons (Fsp3) is 0.200. The first-order valence-corrected chi connectivity index (χ1v) is 14.2. The van der Waals surface area contributed by atoms with Gasteiger partial charge in [0, 0.05) is 28.2 Å². The Morgan fingerprint density at radius 2 is 1.73 bits per heavy atom. The van der Waals surface area contributed by atoms with Gasteiger partial charge >= 0.3 is 6.18 Å². The summed E-state index contributed by atoms with van der Waals surface area (Å²) >= 11 is 2.06. The zero-order valence-electron chi connectivity index (χ0n) is 21.7. The Hall–Kier alpha value is -3.57. The zero-order chi connectivity index (χ0) is 29.5. The van der Waals surface area contributed by atoms with Gasteiger partial charge in [-0.2, -0.15) is 13.2 Å². The van der Waals surface area contributed by atoms with Crippen LogP contribution in [0.2, 0.25) is 0 Å². The molecule has 0 saturated carbocycles. The smallest absolute Gasteiger partial charge is 0.416 e. The van der Waals surface area contributed by atoms with Gasteiger partial charge in [0.2, 0.25) is 5.12 Å². The summed E-state index contributed by atoms with van der Waals surface area (Å²) in [4.78, 5) is 28.1. The van der Waals surface area contributed by atoms with Gasteiger partial charge in [0.1, 0.15) is 11.9 Å². The lowest BCUT2D eigenvalue weighted by Crippen LogP contribution is -2.30. The topological polar surface area (TPSA) is 48.3 Å². The minimum Gasteiger partial charge on any atom is -0.494 e. The molecule has 1 aromatic heterocycles. The SMILES string of the molecule is COc1cccc(-c2c(C)c(Cc3c(F)cccc3C(F)(F)F)c3n(c2=O)C(C(=O)Sc2ccccc2)CS3)c1F. The van der Waals surface area contributed by atoms with E-state index in [4.69, 9.17) is 4.74 Å². The molecular formula is C30H22F5NO3S2. The van der Waals surface area contributed by atoms with Crippen LogP contribution in [-0.2, 0) is 17.4 Å². The van der Waals surface area contributed by atoms with Crippen molar-refractivity contribution >= 4 is 28.6 Å². The number of carbonyl (C=O) groups is 1. The van der Waals surface area contributed by atoms with E-state index in [1.807, 2.05) is 0 Å². The summed E-state index contributed by atoms with van der Waals surface area (Å²) < 4.78 is 78.4. The summed E-state index contributed by atoms with van der Waals surface area (Å²) in [5, 5.41) is -0.110. The lowest BCUT2D eigenvalue weighted by Gasteiger charge is -2.21. The first-order valence-electron chi connectivity index (χ1n) is 12.4. The lowest BCUT2D eigenvalue weighted by atomic mass is 9.92. The van der Waals surface area contributed by atoms with Crippen LogP contribution in [0.3, 0.4) is 0 Å². The van der Waals surface area contributed by atoms with Gasteiger partial charge in [-0.05, 0) is 60.1 Å². The molecule has 1 aliphatic heterocycles. The third-order valence-corrected chi connectivity index (χ3v) is 9.07. The fourth-order valence-electron chi connectivity index (χ4n) is 4.92. The number of aromatic nitrogens is 1. The van der Waals surface area contributed by atoms with E-state index >= 15 is 4.39 Å². The number of ether oxygens (including phenoxy) is 1. The second kappa shape index (κ2) is 11.4. The standard InChI is InChI=1S/C30H22F5NO3S2/c1-16-19(14-20-21(30(33,34)35)11-7-12-22(20)31)28-36(23(15-40-28)29(38)41-17-8-4-3-5-9-17)27(37)25(16)18-10-6-13-24(39-2)26(18)32/h3-13,23H,14-15H2,1-2H3. The Balaban J connectivity index is 1.74. The number of nitrogens with zero attached hydrogens (tertiary/aromatic N) is 1. The Labute approximate surface area is 240 Å². The molecule has 0 aliphatic carbocycles. The van der Waals surface area contributed by atoms with Crippen LogP contribution in [-0.4, -0.2) is 22.5 Å². The quantitative estimate of drug-likeness (QED) is 0.167. The number of fused-ring (bicyclic) bond motifs is 1. The molecule has 2 heterocycles. The summed E-state index contributed by atoms with van der Waals surface area (Å²) in [5.41, 5.74) is -2.28. The molecule has 4 aromatic rings. The average Bonchev–Trinajstić information content (AvgIpc) is 3.38. The normalized spacial score (nSPS) is 14.7. The first-order chi connectivity index (χ1) is 19.5. The second-order valence-electron chi connectivity index (χ2n) is 9.28. The molecule has 3 aromatic carbocycles. The number of thioether (sulfide) groups is 2. The van der Waals surface area contributed by atoms with E-state index in [9.17, 15) is 27.2 Å². The molecule has 212 valence electrons. The van der Waals surface area contributed by atoms with Gasteiger partial charge < -0.3 is 4.74 Å². The Morgan fingerprint density at radius 3 is 2.41 bits per heavy atom. The molecule has 0 saturated heterocycles. The van der Waals surface area contributed by atoms with Gasteiger partial charge in [0.05, 0.1) is 23.3 Å². The van der Waals surface area contributed by atoms with Crippen LogP contribution in [0.1, 0.15) is 28.3 Å². The molecule has 0 fully saturated rings. The number of rotatable bonds is 6. The molecule has 1 atom stereocenters. The summed E-state index contributed by atoms with van der Waals surface area (Å²) in [6, 6.07) is 14.7. The molecule has 1 aliphatic rings. The van der Waals surface area contributed by atoms with E-state index < -0.39 is 47.0 Å². The molecule has 0 N–H and O–H groups in total. The summed E-state index contributed by atoms with van der Waals surface area (Å²) in [6.45, 7) is 1.49. The zero-order valence-corrected chi connectivity index (χ0v) is 23.4. The monoisotopic (exact) mass is 603 g/mol. The van der Waals surface area contributed by atoms with E-state index in [1.165, 1.54) is 36.8 Å². The van der Waals surface area contributed by atoms with E-state index in [0.717, 1.165) is 41.7 Å².